The molecule has 3 rings (SSSR count). The number of carbonyl (C=O) groups is 1. The SMILES string of the molecule is CSc1nc(Cl)cc([C@H]2[C@@H]3CN(C(=O)OC(C)(C)C)C[C@@H]32)n1. The van der Waals surface area contributed by atoms with Gasteiger partial charge < -0.3 is 9.64 Å². The van der Waals surface area contributed by atoms with Crippen LogP contribution in [0.15, 0.2) is 11.2 Å². The third-order valence-corrected chi connectivity index (χ3v) is 4.81. The molecular formula is C15H20ClN3O2S. The molecule has 0 radical (unpaired) electrons. The fraction of sp³-hybridized carbons (Fsp3) is 0.667. The predicted molar refractivity (Wildman–Crippen MR) is 86.4 cm³/mol. The quantitative estimate of drug-likeness (QED) is 0.468. The first kappa shape index (κ1) is 15.9. The molecule has 2 heterocycles. The monoisotopic (exact) mass is 341 g/mol. The van der Waals surface area contributed by atoms with E-state index in [4.69, 9.17) is 16.3 Å². The van der Waals surface area contributed by atoms with E-state index in [2.05, 4.69) is 9.97 Å². The van der Waals surface area contributed by atoms with Crippen molar-refractivity contribution in [3.05, 3.63) is 16.9 Å². The Morgan fingerprint density at radius 3 is 2.55 bits per heavy atom. The zero-order valence-electron chi connectivity index (χ0n) is 13.2. The van der Waals surface area contributed by atoms with Crippen molar-refractivity contribution in [1.82, 2.24) is 14.9 Å². The Kier molecular flexibility index (Phi) is 4.01. The van der Waals surface area contributed by atoms with E-state index >= 15 is 0 Å². The second-order valence-electron chi connectivity index (χ2n) is 6.84. The molecule has 5 nitrogen and oxygen atoms in total. The van der Waals surface area contributed by atoms with Crippen molar-refractivity contribution in [2.24, 2.45) is 11.8 Å². The lowest BCUT2D eigenvalue weighted by Gasteiger charge is -2.25. The first-order valence-corrected chi connectivity index (χ1v) is 8.95. The van der Waals surface area contributed by atoms with Crippen molar-refractivity contribution in [2.75, 3.05) is 19.3 Å². The molecule has 22 heavy (non-hydrogen) atoms. The van der Waals surface area contributed by atoms with Crippen LogP contribution < -0.4 is 0 Å². The molecule has 2 aliphatic rings. The highest BCUT2D eigenvalue weighted by molar-refractivity contribution is 7.98. The number of piperidine rings is 1. The summed E-state index contributed by atoms with van der Waals surface area (Å²) >= 11 is 7.55. The van der Waals surface area contributed by atoms with Gasteiger partial charge in [0.15, 0.2) is 5.16 Å². The van der Waals surface area contributed by atoms with Gasteiger partial charge in [-0.1, -0.05) is 23.4 Å². The number of rotatable bonds is 2. The number of aromatic nitrogens is 2. The summed E-state index contributed by atoms with van der Waals surface area (Å²) in [4.78, 5) is 22.6. The summed E-state index contributed by atoms with van der Waals surface area (Å²) in [6, 6.07) is 1.85. The fourth-order valence-electron chi connectivity index (χ4n) is 3.12. The summed E-state index contributed by atoms with van der Waals surface area (Å²) < 4.78 is 5.42. The Labute approximate surface area is 139 Å². The minimum Gasteiger partial charge on any atom is -0.444 e. The zero-order valence-corrected chi connectivity index (χ0v) is 14.7. The van der Waals surface area contributed by atoms with Crippen LogP contribution in [0.2, 0.25) is 5.15 Å². The van der Waals surface area contributed by atoms with Gasteiger partial charge in [-0.3, -0.25) is 0 Å². The number of ether oxygens (including phenoxy) is 1. The molecule has 1 saturated carbocycles. The number of hydrogen-bond acceptors (Lipinski definition) is 5. The van der Waals surface area contributed by atoms with Crippen LogP contribution in [0.25, 0.3) is 0 Å². The normalized spacial score (nSPS) is 26.8. The third-order valence-electron chi connectivity index (χ3n) is 4.06. The van der Waals surface area contributed by atoms with Crippen LogP contribution in [0.3, 0.4) is 0 Å². The van der Waals surface area contributed by atoms with E-state index in [0.29, 0.717) is 28.1 Å². The van der Waals surface area contributed by atoms with Crippen LogP contribution in [0.1, 0.15) is 32.4 Å². The topological polar surface area (TPSA) is 55.3 Å². The molecule has 1 amide bonds. The van der Waals surface area contributed by atoms with Crippen molar-refractivity contribution in [1.29, 1.82) is 0 Å². The van der Waals surface area contributed by atoms with Crippen LogP contribution in [-0.2, 0) is 4.74 Å². The number of carbonyl (C=O) groups excluding carboxylic acids is 1. The molecule has 0 unspecified atom stereocenters. The van der Waals surface area contributed by atoms with Gasteiger partial charge in [0, 0.05) is 19.0 Å². The number of hydrogen-bond donors (Lipinski definition) is 0. The van der Waals surface area contributed by atoms with E-state index in [1.165, 1.54) is 11.8 Å². The van der Waals surface area contributed by atoms with E-state index in [0.717, 1.165) is 18.8 Å². The summed E-state index contributed by atoms with van der Waals surface area (Å²) in [6.07, 6.45) is 1.72. The number of thioether (sulfide) groups is 1. The average Bonchev–Trinajstić information content (AvgIpc) is 2.90. The number of fused-ring (bicyclic) bond motifs is 1. The van der Waals surface area contributed by atoms with Gasteiger partial charge in [0.2, 0.25) is 0 Å². The Morgan fingerprint density at radius 2 is 2.00 bits per heavy atom. The Hall–Kier alpha value is -1.01. The molecule has 0 spiro atoms. The van der Waals surface area contributed by atoms with Gasteiger partial charge in [0.1, 0.15) is 10.8 Å². The van der Waals surface area contributed by atoms with Gasteiger partial charge in [-0.2, -0.15) is 0 Å². The summed E-state index contributed by atoms with van der Waals surface area (Å²) in [5, 5.41) is 1.19. The van der Waals surface area contributed by atoms with Gasteiger partial charge in [-0.05, 0) is 44.9 Å². The van der Waals surface area contributed by atoms with Crippen molar-refractivity contribution >= 4 is 29.5 Å². The molecule has 120 valence electrons. The molecule has 1 aromatic heterocycles. The van der Waals surface area contributed by atoms with Crippen molar-refractivity contribution < 1.29 is 9.53 Å². The smallest absolute Gasteiger partial charge is 0.410 e. The fourth-order valence-corrected chi connectivity index (χ4v) is 3.74. The lowest BCUT2D eigenvalue weighted by molar-refractivity contribution is 0.0270. The lowest BCUT2D eigenvalue weighted by Crippen LogP contribution is -2.36. The lowest BCUT2D eigenvalue weighted by atomic mass is 10.2. The first-order valence-electron chi connectivity index (χ1n) is 7.35. The van der Waals surface area contributed by atoms with E-state index in [9.17, 15) is 4.79 Å². The molecule has 7 heteroatoms. The van der Waals surface area contributed by atoms with Gasteiger partial charge in [-0.25, -0.2) is 14.8 Å². The minimum absolute atomic E-state index is 0.219. The highest BCUT2D eigenvalue weighted by atomic mass is 35.5. The largest absolute Gasteiger partial charge is 0.444 e. The number of amides is 1. The third kappa shape index (κ3) is 3.18. The Bertz CT molecular complexity index is 593. The van der Waals surface area contributed by atoms with Crippen LogP contribution >= 0.6 is 23.4 Å². The molecule has 0 aromatic carbocycles. The van der Waals surface area contributed by atoms with Gasteiger partial charge in [0.05, 0.1) is 5.69 Å². The maximum atomic E-state index is 12.1. The molecular weight excluding hydrogens is 322 g/mol. The highest BCUT2D eigenvalue weighted by Crippen LogP contribution is 2.58. The van der Waals surface area contributed by atoms with Crippen molar-refractivity contribution in [3.63, 3.8) is 0 Å². The van der Waals surface area contributed by atoms with E-state index < -0.39 is 5.60 Å². The van der Waals surface area contributed by atoms with Crippen molar-refractivity contribution in [3.8, 4) is 0 Å². The predicted octanol–water partition coefficient (Wildman–Crippen LogP) is 3.43. The van der Waals surface area contributed by atoms with Crippen LogP contribution in [0.5, 0.6) is 0 Å². The molecule has 1 aromatic rings. The maximum Gasteiger partial charge on any atom is 0.410 e. The van der Waals surface area contributed by atoms with Crippen LogP contribution in [-0.4, -0.2) is 45.9 Å². The van der Waals surface area contributed by atoms with E-state index in [1.54, 1.807) is 4.90 Å². The molecule has 2 fully saturated rings. The molecule has 1 saturated heterocycles. The number of nitrogens with zero attached hydrogens (tertiary/aromatic N) is 3. The van der Waals surface area contributed by atoms with Crippen LogP contribution in [0, 0.1) is 11.8 Å². The van der Waals surface area contributed by atoms with Crippen molar-refractivity contribution in [2.45, 2.75) is 37.4 Å². The van der Waals surface area contributed by atoms with Gasteiger partial charge >= 0.3 is 6.09 Å². The number of halogens is 1. The second-order valence-corrected chi connectivity index (χ2v) is 8.00. The van der Waals surface area contributed by atoms with Gasteiger partial charge in [0.25, 0.3) is 0 Å². The van der Waals surface area contributed by atoms with E-state index in [1.807, 2.05) is 33.1 Å². The summed E-state index contributed by atoms with van der Waals surface area (Å²) in [6.45, 7) is 7.13. The average molecular weight is 342 g/mol. The second kappa shape index (κ2) is 5.57. The highest BCUT2D eigenvalue weighted by Gasteiger charge is 2.58. The van der Waals surface area contributed by atoms with Gasteiger partial charge in [-0.15, -0.1) is 0 Å². The zero-order chi connectivity index (χ0) is 16.1. The maximum absolute atomic E-state index is 12.1. The molecule has 1 aliphatic carbocycles. The number of likely N-dealkylation sites (tertiary alicyclic amines) is 1. The minimum atomic E-state index is -0.448. The van der Waals surface area contributed by atoms with Crippen LogP contribution in [0.4, 0.5) is 4.79 Å². The molecule has 3 atom stereocenters. The van der Waals surface area contributed by atoms with E-state index in [-0.39, 0.29) is 6.09 Å². The summed E-state index contributed by atoms with van der Waals surface area (Å²) in [7, 11) is 0. The summed E-state index contributed by atoms with van der Waals surface area (Å²) in [5.41, 5.74) is 0.555. The Balaban J connectivity index is 1.63. The Morgan fingerprint density at radius 1 is 1.36 bits per heavy atom. The molecule has 1 aliphatic heterocycles. The molecule has 0 N–H and O–H groups in total. The summed E-state index contributed by atoms with van der Waals surface area (Å²) in [5.74, 6) is 1.33. The molecule has 0 bridgehead atoms. The standard InChI is InChI=1S/C15H20ClN3O2S/c1-15(2,3)21-14(20)19-6-8-9(7-19)12(8)10-5-11(16)18-13(17-10)22-4/h5,8-9,12H,6-7H2,1-4H3/t8-,9+,12+. The first-order chi connectivity index (χ1) is 10.3.